The van der Waals surface area contributed by atoms with Gasteiger partial charge in [0.2, 0.25) is 59.1 Å². The Labute approximate surface area is 699 Å². The van der Waals surface area contributed by atoms with Gasteiger partial charge >= 0.3 is 35.8 Å². The molecule has 2 aliphatic rings. The first-order valence-corrected chi connectivity index (χ1v) is 41.4. The molecule has 0 aromatic heterocycles. The van der Waals surface area contributed by atoms with Crippen LogP contribution in [-0.4, -0.2) is 404 Å². The summed E-state index contributed by atoms with van der Waals surface area (Å²) in [6, 6.07) is -16.1. The first kappa shape index (κ1) is 109. The highest BCUT2D eigenvalue weighted by Crippen LogP contribution is 2.26. The van der Waals surface area contributed by atoms with Crippen molar-refractivity contribution < 1.29 is 106 Å². The maximum atomic E-state index is 14.4. The van der Waals surface area contributed by atoms with Crippen LogP contribution in [0.15, 0.2) is 0 Å². The Bertz CT molecular complexity index is 3190. The molecule has 2 fully saturated rings. The first-order chi connectivity index (χ1) is 54.5. The van der Waals surface area contributed by atoms with Crippen molar-refractivity contribution in [3.8, 4) is 0 Å². The number of cyclic esters (lactones) is 2. The third-order valence-corrected chi connectivity index (χ3v) is 22.8. The summed E-state index contributed by atoms with van der Waals surface area (Å²) in [7, 11) is 23.9. The van der Waals surface area contributed by atoms with Gasteiger partial charge in [-0.1, -0.05) is 62.3 Å². The summed E-state index contributed by atoms with van der Waals surface area (Å²) in [5.74, 6) is -11.9. The van der Waals surface area contributed by atoms with E-state index in [9.17, 15) is 76.7 Å². The molecule has 41 heteroatoms. The van der Waals surface area contributed by atoms with Crippen LogP contribution in [0.1, 0.15) is 103 Å². The number of thioether (sulfide) groups is 2. The summed E-state index contributed by atoms with van der Waals surface area (Å²) in [6.45, 7) is 22.6. The number of carbonyl (C=O) groups is 16. The molecule has 0 aromatic carbocycles. The second kappa shape index (κ2) is 53.5. The SMILES string of the molecule is CC[C@@H](COC(=O)[C@H](C(C)C)N(C)C(=O)[C@H](CSC[C@@H](C(=O)N(C)[C@H](C(=O)OC[C@@H](NC)C(=O)OC)C(C)C)N(C)C(=O)[C@H](C)NC)N(C)C(=O)[C@H](C)NC)NC.CN[C@@H](C)C(=O)O.CN[C@@H]1COC(=O)[C@H](C(C)C)N(C)C(=O)[C@@H]2CSC[C@@H](C(=O)N(C)[C@@H](C(C)C)C(=O)OC[C@@H](NC)C(=O)N[C@@H](C)C(=O)N2C)N(C)C(=O)[C@H](C)NC1=O. The van der Waals surface area contributed by atoms with Crippen LogP contribution < -0.4 is 47.9 Å². The van der Waals surface area contributed by atoms with Crippen LogP contribution in [0.2, 0.25) is 0 Å². The number of hydrogen-bond acceptors (Lipinski definition) is 30. The molecule has 117 heavy (non-hydrogen) atoms. The number of methoxy groups -OCH3 is 1. The second-order valence-electron chi connectivity index (χ2n) is 30.3. The molecule has 39 nitrogen and oxygen atoms in total. The smallest absolute Gasteiger partial charge is 0.329 e. The van der Waals surface area contributed by atoms with Crippen LogP contribution in [0.25, 0.3) is 0 Å². The Morgan fingerprint density at radius 1 is 0.504 bits per heavy atom. The van der Waals surface area contributed by atoms with Gasteiger partial charge in [-0.15, -0.1) is 0 Å². The van der Waals surface area contributed by atoms with Crippen molar-refractivity contribution in [2.75, 3.05) is 162 Å². The van der Waals surface area contributed by atoms with Crippen LogP contribution in [0, 0.1) is 23.7 Å². The van der Waals surface area contributed by atoms with Crippen LogP contribution in [-0.2, 0) is 100 Å². The third kappa shape index (κ3) is 32.2. The van der Waals surface area contributed by atoms with Gasteiger partial charge in [0.25, 0.3) is 0 Å². The summed E-state index contributed by atoms with van der Waals surface area (Å²) in [5.41, 5.74) is 0. The number of rotatable bonds is 32. The minimum Gasteiger partial charge on any atom is -0.480 e. The van der Waals surface area contributed by atoms with Crippen LogP contribution in [0.3, 0.4) is 0 Å². The molecule has 672 valence electrons. The average Bonchev–Trinajstić information content (AvgIpc) is 1.41. The van der Waals surface area contributed by atoms with Gasteiger partial charge in [-0.2, -0.15) is 23.5 Å². The third-order valence-electron chi connectivity index (χ3n) is 20.6. The largest absolute Gasteiger partial charge is 0.480 e. The van der Waals surface area contributed by atoms with E-state index in [2.05, 4.69) is 47.9 Å². The molecule has 0 aliphatic carbocycles. The normalized spacial score (nSPS) is 22.2. The van der Waals surface area contributed by atoms with Crippen LogP contribution in [0.4, 0.5) is 0 Å². The number of aliphatic carboxylic acids is 1. The van der Waals surface area contributed by atoms with E-state index in [0.29, 0.717) is 0 Å². The van der Waals surface area contributed by atoms with Crippen molar-refractivity contribution >= 4 is 118 Å². The summed E-state index contributed by atoms with van der Waals surface area (Å²) in [6.07, 6.45) is 0.727. The Hall–Kier alpha value is -8.06. The monoisotopic (exact) mass is 1710 g/mol. The van der Waals surface area contributed by atoms with Crippen molar-refractivity contribution in [1.29, 1.82) is 0 Å². The highest BCUT2D eigenvalue weighted by atomic mass is 32.2. The molecule has 0 radical (unpaired) electrons. The Balaban J connectivity index is 0.00000212. The molecule has 2 heterocycles. The summed E-state index contributed by atoms with van der Waals surface area (Å²) in [5, 5.41) is 33.1. The van der Waals surface area contributed by atoms with Gasteiger partial charge in [0.05, 0.1) is 19.2 Å². The van der Waals surface area contributed by atoms with Crippen LogP contribution >= 0.6 is 23.5 Å². The van der Waals surface area contributed by atoms with Crippen LogP contribution in [0.5, 0.6) is 0 Å². The van der Waals surface area contributed by atoms with E-state index in [0.717, 1.165) is 18.2 Å². The molecule has 0 aromatic rings. The quantitative estimate of drug-likeness (QED) is 0.0233. The molecule has 2 rings (SSSR count). The lowest BCUT2D eigenvalue weighted by atomic mass is 10.0. The van der Waals surface area contributed by atoms with E-state index in [4.69, 9.17) is 28.8 Å². The maximum absolute atomic E-state index is 14.4. The number of carbonyl (C=O) groups excluding carboxylic acids is 15. The minimum absolute atomic E-state index is 0.00886. The zero-order chi connectivity index (χ0) is 90.7. The molecule has 0 spiro atoms. The lowest BCUT2D eigenvalue weighted by molar-refractivity contribution is -0.160. The van der Waals surface area contributed by atoms with Gasteiger partial charge < -0.3 is 116 Å². The molecular formula is C76H139N17O22S2. The molecule has 17 atom stereocenters. The molecule has 0 saturated carbocycles. The molecular weight excluding hydrogens is 1570 g/mol. The number of amides is 10. The van der Waals surface area contributed by atoms with Crippen molar-refractivity contribution in [3.63, 3.8) is 0 Å². The standard InChI is InChI=1S/C38H72N8O10S.C34H58N8O10S.C4H9NO2/c1-17-26(41-10)18-55-37(52)30(22(2)3)45(14)34(49)28(43(12)32(47)24(6)39-8)20-57-21-29(44(13)33(48)25(7)40-9)35(50)46(15)31(23(4)5)38(53)56-19-27(42-11)36(51)54-16;1-17(2)25-33(49)51-13-21(35-7)27(43)37-20(6)30(46)40(10)24-16-53-15-23(31(47)41(25)11)39(9)29(45)19(5)38-28(44)22(36-8)14-52-34(50)26(18(3)4)42(12)32(24)48;1-3(5-2)4(6)7/h22-31,39-42H,17-21H2,1-16H3;17-26,35-36H,13-16H2,1-12H3,(H,37,43)(H,38,44);3,5H,1-2H3,(H,6,7)/t24-,25-,26-,27+,28-,29-,30-,31-;19-,20-,21+,22+,23-,24-,25-,26-;3-/m000/s1. The van der Waals surface area contributed by atoms with Gasteiger partial charge in [-0.05, 0) is 114 Å². The number of esters is 5. The summed E-state index contributed by atoms with van der Waals surface area (Å²) >= 11 is 2.26. The van der Waals surface area contributed by atoms with E-state index in [1.54, 1.807) is 104 Å². The van der Waals surface area contributed by atoms with Crippen molar-refractivity contribution in [3.05, 3.63) is 0 Å². The molecule has 2 aliphatic heterocycles. The zero-order valence-electron chi connectivity index (χ0n) is 74.4. The van der Waals surface area contributed by atoms with E-state index < -0.39 is 217 Å². The fourth-order valence-corrected chi connectivity index (χ4v) is 15.0. The lowest BCUT2D eigenvalue weighted by Crippen LogP contribution is -2.59. The number of carboxylic acid groups (broad SMARTS) is 1. The maximum Gasteiger partial charge on any atom is 0.329 e. The predicted octanol–water partition coefficient (Wildman–Crippen LogP) is -3.28. The van der Waals surface area contributed by atoms with E-state index in [1.165, 1.54) is 149 Å². The first-order valence-electron chi connectivity index (χ1n) is 39.1. The average molecular weight is 1710 g/mol. The van der Waals surface area contributed by atoms with Crippen molar-refractivity contribution in [2.45, 2.75) is 206 Å². The van der Waals surface area contributed by atoms with E-state index in [-0.39, 0.29) is 54.1 Å². The number of ether oxygens (including phenoxy) is 5. The Kier molecular flexibility index (Phi) is 49.8. The number of fused-ring (bicyclic) bond motifs is 4. The lowest BCUT2D eigenvalue weighted by Gasteiger charge is -2.37. The second-order valence-corrected chi connectivity index (χ2v) is 32.4. The molecule has 2 saturated heterocycles. The van der Waals surface area contributed by atoms with Crippen molar-refractivity contribution in [2.24, 2.45) is 23.7 Å². The highest BCUT2D eigenvalue weighted by Gasteiger charge is 2.45. The molecule has 10 amide bonds. The van der Waals surface area contributed by atoms with Gasteiger partial charge in [-0.3, -0.25) is 57.5 Å². The van der Waals surface area contributed by atoms with Gasteiger partial charge in [0, 0.05) is 85.4 Å². The number of nitrogens with one attached hydrogen (secondary N) is 9. The number of likely N-dealkylation sites (N-methyl/N-ethyl adjacent to an activating group) is 15. The predicted molar refractivity (Wildman–Crippen MR) is 442 cm³/mol. The molecule has 0 unspecified atom stereocenters. The Morgan fingerprint density at radius 2 is 0.855 bits per heavy atom. The van der Waals surface area contributed by atoms with Gasteiger partial charge in [0.15, 0.2) is 0 Å². The number of nitrogens with zero attached hydrogens (tertiary/aromatic N) is 8. The zero-order valence-corrected chi connectivity index (χ0v) is 76.0. The highest BCUT2D eigenvalue weighted by molar-refractivity contribution is 7.99. The van der Waals surface area contributed by atoms with Gasteiger partial charge in [-0.25, -0.2) is 19.2 Å². The number of carboxylic acids is 1. The molecule has 10 N–H and O–H groups in total. The minimum atomic E-state index is -1.22. The topological polar surface area (TPSA) is 474 Å². The fourth-order valence-electron chi connectivity index (χ4n) is 12.4. The molecule has 2 bridgehead atoms. The number of hydrogen-bond donors (Lipinski definition) is 10. The summed E-state index contributed by atoms with van der Waals surface area (Å²) < 4.78 is 26.9. The van der Waals surface area contributed by atoms with E-state index >= 15 is 0 Å². The van der Waals surface area contributed by atoms with Crippen molar-refractivity contribution in [1.82, 2.24) is 87.1 Å². The summed E-state index contributed by atoms with van der Waals surface area (Å²) in [4.78, 5) is 224. The fraction of sp³-hybridized carbons (Fsp3) is 0.789. The Morgan fingerprint density at radius 3 is 1.13 bits per heavy atom. The van der Waals surface area contributed by atoms with E-state index in [1.807, 2.05) is 6.92 Å². The van der Waals surface area contributed by atoms with Gasteiger partial charge in [0.1, 0.15) is 111 Å².